The maximum Gasteiger partial charge on any atom is 0.319 e. The number of nitrogens with one attached hydrogen (secondary N) is 2. The summed E-state index contributed by atoms with van der Waals surface area (Å²) in [4.78, 5) is 20.9. The summed E-state index contributed by atoms with van der Waals surface area (Å²) in [6, 6.07) is 9.03. The number of hydrogen-bond donors (Lipinski definition) is 2. The maximum atomic E-state index is 12.2. The van der Waals surface area contributed by atoms with Crippen molar-refractivity contribution in [3.8, 4) is 17.0 Å². The average Bonchev–Trinajstić information content (AvgIpc) is 3.23. The first kappa shape index (κ1) is 18.8. The molecule has 140 valence electrons. The van der Waals surface area contributed by atoms with Gasteiger partial charge in [0.15, 0.2) is 0 Å². The predicted octanol–water partition coefficient (Wildman–Crippen LogP) is 4.71. The number of urea groups is 1. The Morgan fingerprint density at radius 2 is 1.96 bits per heavy atom. The lowest BCUT2D eigenvalue weighted by Crippen LogP contribution is -2.28. The number of rotatable bonds is 8. The van der Waals surface area contributed by atoms with Crippen LogP contribution in [0.1, 0.15) is 25.5 Å². The number of nitrogens with zero attached hydrogens (tertiary/aromatic N) is 2. The van der Waals surface area contributed by atoms with Crippen molar-refractivity contribution in [1.29, 1.82) is 0 Å². The van der Waals surface area contributed by atoms with Crippen molar-refractivity contribution >= 4 is 23.1 Å². The standard InChI is InChI=1S/C20H22N4O2S/c1-2-3-11-26-17-6-4-16(5-7-17)24-20(25)23-13-18-19(22-10-9-21-18)15-8-12-27-14-15/h4-10,12,14H,2-3,11,13H2,1H3,(H2,23,24,25). The Bertz CT molecular complexity index is 851. The molecule has 0 saturated carbocycles. The topological polar surface area (TPSA) is 76.1 Å². The SMILES string of the molecule is CCCCOc1ccc(NC(=O)NCc2nccnc2-c2ccsc2)cc1. The molecule has 27 heavy (non-hydrogen) atoms. The van der Waals surface area contributed by atoms with Crippen LogP contribution in [0.2, 0.25) is 0 Å². The first-order valence-electron chi connectivity index (χ1n) is 8.86. The number of benzene rings is 1. The molecule has 0 aliphatic heterocycles. The molecule has 7 heteroatoms. The van der Waals surface area contributed by atoms with Crippen LogP contribution in [0.15, 0.2) is 53.5 Å². The van der Waals surface area contributed by atoms with E-state index in [2.05, 4.69) is 27.5 Å². The second-order valence-electron chi connectivity index (χ2n) is 5.90. The Labute approximate surface area is 162 Å². The van der Waals surface area contributed by atoms with E-state index in [1.165, 1.54) is 0 Å². The number of carbonyl (C=O) groups excluding carboxylic acids is 1. The maximum absolute atomic E-state index is 12.2. The average molecular weight is 382 g/mol. The summed E-state index contributed by atoms with van der Waals surface area (Å²) in [5, 5.41) is 9.64. The van der Waals surface area contributed by atoms with Gasteiger partial charge in [0, 0.05) is 29.0 Å². The number of unbranched alkanes of at least 4 members (excludes halogenated alkanes) is 1. The molecule has 0 saturated heterocycles. The van der Waals surface area contributed by atoms with Gasteiger partial charge in [-0.1, -0.05) is 13.3 Å². The van der Waals surface area contributed by atoms with E-state index in [4.69, 9.17) is 4.74 Å². The zero-order chi connectivity index (χ0) is 18.9. The fraction of sp³-hybridized carbons (Fsp3) is 0.250. The predicted molar refractivity (Wildman–Crippen MR) is 108 cm³/mol. The first-order valence-corrected chi connectivity index (χ1v) is 9.80. The zero-order valence-corrected chi connectivity index (χ0v) is 16.0. The quantitative estimate of drug-likeness (QED) is 0.554. The molecular weight excluding hydrogens is 360 g/mol. The van der Waals surface area contributed by atoms with E-state index in [0.29, 0.717) is 18.8 Å². The molecule has 2 N–H and O–H groups in total. The third-order valence-corrected chi connectivity index (χ3v) is 4.55. The van der Waals surface area contributed by atoms with Crippen molar-refractivity contribution in [2.75, 3.05) is 11.9 Å². The van der Waals surface area contributed by atoms with E-state index in [0.717, 1.165) is 35.5 Å². The summed E-state index contributed by atoms with van der Waals surface area (Å²) in [5.74, 6) is 0.800. The van der Waals surface area contributed by atoms with Gasteiger partial charge in [0.25, 0.3) is 0 Å². The van der Waals surface area contributed by atoms with Crippen molar-refractivity contribution < 1.29 is 9.53 Å². The Morgan fingerprint density at radius 3 is 2.70 bits per heavy atom. The molecular formula is C20H22N4O2S. The van der Waals surface area contributed by atoms with Crippen LogP contribution in [0.4, 0.5) is 10.5 Å². The Hall–Kier alpha value is -2.93. The van der Waals surface area contributed by atoms with Crippen LogP contribution in [0, 0.1) is 0 Å². The van der Waals surface area contributed by atoms with Gasteiger partial charge in [0.1, 0.15) is 5.75 Å². The van der Waals surface area contributed by atoms with Crippen LogP contribution < -0.4 is 15.4 Å². The van der Waals surface area contributed by atoms with E-state index in [-0.39, 0.29) is 6.03 Å². The highest BCUT2D eigenvalue weighted by atomic mass is 32.1. The number of carbonyl (C=O) groups is 1. The number of amides is 2. The second kappa shape index (κ2) is 9.68. The van der Waals surface area contributed by atoms with Crippen LogP contribution in [-0.2, 0) is 6.54 Å². The van der Waals surface area contributed by atoms with Crippen molar-refractivity contribution in [2.45, 2.75) is 26.3 Å². The summed E-state index contributed by atoms with van der Waals surface area (Å²) in [6.45, 7) is 3.12. The van der Waals surface area contributed by atoms with Crippen LogP contribution in [0.25, 0.3) is 11.3 Å². The molecule has 0 bridgehead atoms. The monoisotopic (exact) mass is 382 g/mol. The fourth-order valence-electron chi connectivity index (χ4n) is 2.44. The van der Waals surface area contributed by atoms with Crippen LogP contribution in [-0.4, -0.2) is 22.6 Å². The van der Waals surface area contributed by atoms with Crippen molar-refractivity contribution in [3.05, 3.63) is 59.2 Å². The van der Waals surface area contributed by atoms with Gasteiger partial charge in [0.05, 0.1) is 24.5 Å². The summed E-state index contributed by atoms with van der Waals surface area (Å²) in [5.41, 5.74) is 3.22. The van der Waals surface area contributed by atoms with Gasteiger partial charge < -0.3 is 15.4 Å². The number of hydrogen-bond acceptors (Lipinski definition) is 5. The van der Waals surface area contributed by atoms with Crippen LogP contribution in [0.5, 0.6) is 5.75 Å². The fourth-order valence-corrected chi connectivity index (χ4v) is 3.09. The minimum atomic E-state index is -0.295. The van der Waals surface area contributed by atoms with Gasteiger partial charge >= 0.3 is 6.03 Å². The second-order valence-corrected chi connectivity index (χ2v) is 6.68. The highest BCUT2D eigenvalue weighted by Gasteiger charge is 2.10. The molecule has 2 aromatic heterocycles. The Kier molecular flexibility index (Phi) is 6.76. The van der Waals surface area contributed by atoms with E-state index in [1.54, 1.807) is 23.7 Å². The molecule has 0 aliphatic carbocycles. The van der Waals surface area contributed by atoms with E-state index in [1.807, 2.05) is 41.1 Å². The molecule has 0 radical (unpaired) electrons. The Morgan fingerprint density at radius 1 is 1.15 bits per heavy atom. The molecule has 0 spiro atoms. The van der Waals surface area contributed by atoms with E-state index < -0.39 is 0 Å². The summed E-state index contributed by atoms with van der Waals surface area (Å²) < 4.78 is 5.62. The largest absolute Gasteiger partial charge is 0.494 e. The van der Waals surface area contributed by atoms with Crippen LogP contribution in [0.3, 0.4) is 0 Å². The van der Waals surface area contributed by atoms with Gasteiger partial charge in [-0.05, 0) is 42.1 Å². The third kappa shape index (κ3) is 5.52. The van der Waals surface area contributed by atoms with Gasteiger partial charge in [-0.15, -0.1) is 0 Å². The molecule has 0 fully saturated rings. The number of ether oxygens (including phenoxy) is 1. The van der Waals surface area contributed by atoms with E-state index in [9.17, 15) is 4.79 Å². The summed E-state index contributed by atoms with van der Waals surface area (Å²) in [7, 11) is 0. The number of thiophene rings is 1. The Balaban J connectivity index is 1.53. The smallest absolute Gasteiger partial charge is 0.319 e. The van der Waals surface area contributed by atoms with Gasteiger partial charge in [-0.2, -0.15) is 11.3 Å². The number of aromatic nitrogens is 2. The molecule has 3 aromatic rings. The summed E-state index contributed by atoms with van der Waals surface area (Å²) in [6.07, 6.45) is 5.40. The van der Waals surface area contributed by atoms with Crippen molar-refractivity contribution in [2.24, 2.45) is 0 Å². The lowest BCUT2D eigenvalue weighted by Gasteiger charge is -2.10. The molecule has 0 aliphatic rings. The molecule has 1 aromatic carbocycles. The van der Waals surface area contributed by atoms with Crippen molar-refractivity contribution in [3.63, 3.8) is 0 Å². The minimum absolute atomic E-state index is 0.295. The van der Waals surface area contributed by atoms with Crippen molar-refractivity contribution in [1.82, 2.24) is 15.3 Å². The van der Waals surface area contributed by atoms with E-state index >= 15 is 0 Å². The lowest BCUT2D eigenvalue weighted by molar-refractivity contribution is 0.251. The molecule has 0 atom stereocenters. The highest BCUT2D eigenvalue weighted by molar-refractivity contribution is 7.08. The molecule has 2 heterocycles. The minimum Gasteiger partial charge on any atom is -0.494 e. The number of anilines is 1. The molecule has 0 unspecified atom stereocenters. The molecule has 2 amide bonds. The third-order valence-electron chi connectivity index (χ3n) is 3.86. The van der Waals surface area contributed by atoms with Gasteiger partial charge in [0.2, 0.25) is 0 Å². The van der Waals surface area contributed by atoms with Crippen LogP contribution >= 0.6 is 11.3 Å². The zero-order valence-electron chi connectivity index (χ0n) is 15.1. The molecule has 6 nitrogen and oxygen atoms in total. The van der Waals surface area contributed by atoms with Gasteiger partial charge in [-0.3, -0.25) is 9.97 Å². The highest BCUT2D eigenvalue weighted by Crippen LogP contribution is 2.22. The summed E-state index contributed by atoms with van der Waals surface area (Å²) >= 11 is 1.60. The first-order chi connectivity index (χ1) is 13.3. The molecule has 3 rings (SSSR count). The lowest BCUT2D eigenvalue weighted by atomic mass is 10.2. The van der Waals surface area contributed by atoms with Gasteiger partial charge in [-0.25, -0.2) is 4.79 Å². The normalized spacial score (nSPS) is 10.4.